The molecule has 0 radical (unpaired) electrons. The first-order valence-electron chi connectivity index (χ1n) is 8.27. The third-order valence-electron chi connectivity index (χ3n) is 4.07. The molecule has 2 aromatic heterocycles. The predicted molar refractivity (Wildman–Crippen MR) is 108 cm³/mol. The zero-order valence-corrected chi connectivity index (χ0v) is 16.3. The molecule has 4 aromatic rings. The van der Waals surface area contributed by atoms with Crippen molar-refractivity contribution in [3.63, 3.8) is 0 Å². The summed E-state index contributed by atoms with van der Waals surface area (Å²) in [5, 5.41) is 12.9. The maximum absolute atomic E-state index is 12.7. The minimum Gasteiger partial charge on any atom is -0.493 e. The van der Waals surface area contributed by atoms with Crippen LogP contribution in [-0.4, -0.2) is 28.2 Å². The van der Waals surface area contributed by atoms with E-state index in [1.807, 2.05) is 11.4 Å². The molecule has 0 unspecified atom stereocenters. The number of thiazole rings is 1. The summed E-state index contributed by atoms with van der Waals surface area (Å²) in [7, 11) is 1.52. The molecule has 2 heterocycles. The molecule has 1 amide bonds. The number of amides is 1. The number of fused-ring (bicyclic) bond motifs is 1. The third kappa shape index (κ3) is 3.64. The number of rotatable bonds is 6. The summed E-state index contributed by atoms with van der Waals surface area (Å²) < 4.78 is 11.1. The number of nitrogens with one attached hydrogen (secondary N) is 2. The number of benzene rings is 2. The molecule has 2 N–H and O–H groups in total. The minimum atomic E-state index is -0.322. The smallest absolute Gasteiger partial charge is 0.257 e. The van der Waals surface area contributed by atoms with Crippen LogP contribution in [-0.2, 0) is 6.61 Å². The van der Waals surface area contributed by atoms with Gasteiger partial charge < -0.3 is 14.8 Å². The molecule has 28 heavy (non-hydrogen) atoms. The predicted octanol–water partition coefficient (Wildman–Crippen LogP) is 4.51. The van der Waals surface area contributed by atoms with Crippen LogP contribution < -0.4 is 14.8 Å². The monoisotopic (exact) mass is 414 g/mol. The number of carbonyl (C=O) groups is 1. The van der Waals surface area contributed by atoms with Crippen LogP contribution in [0.2, 0.25) is 5.02 Å². The van der Waals surface area contributed by atoms with Crippen LogP contribution >= 0.6 is 22.9 Å². The van der Waals surface area contributed by atoms with Crippen molar-refractivity contribution in [1.29, 1.82) is 0 Å². The highest BCUT2D eigenvalue weighted by Crippen LogP contribution is 2.30. The largest absolute Gasteiger partial charge is 0.493 e. The highest BCUT2D eigenvalue weighted by molar-refractivity contribution is 7.07. The van der Waals surface area contributed by atoms with E-state index in [1.165, 1.54) is 18.4 Å². The second kappa shape index (κ2) is 7.87. The number of hydrogen-bond acceptors (Lipinski definition) is 6. The zero-order valence-electron chi connectivity index (χ0n) is 14.7. The highest BCUT2D eigenvalue weighted by atomic mass is 35.5. The number of aromatic nitrogens is 3. The molecule has 142 valence electrons. The molecule has 0 spiro atoms. The van der Waals surface area contributed by atoms with E-state index in [1.54, 1.807) is 35.8 Å². The Hall–Kier alpha value is -3.10. The molecular formula is C19H15ClN4O3S. The summed E-state index contributed by atoms with van der Waals surface area (Å²) in [4.78, 5) is 16.8. The maximum atomic E-state index is 12.7. The average molecular weight is 415 g/mol. The van der Waals surface area contributed by atoms with Crippen LogP contribution in [0, 0.1) is 0 Å². The Morgan fingerprint density at radius 1 is 1.29 bits per heavy atom. The molecule has 4 rings (SSSR count). The van der Waals surface area contributed by atoms with Crippen LogP contribution in [0.15, 0.2) is 47.3 Å². The van der Waals surface area contributed by atoms with Crippen LogP contribution in [0.4, 0.5) is 5.82 Å². The van der Waals surface area contributed by atoms with Crippen LogP contribution in [0.3, 0.4) is 0 Å². The number of methoxy groups -OCH3 is 1. The van der Waals surface area contributed by atoms with E-state index in [-0.39, 0.29) is 5.91 Å². The van der Waals surface area contributed by atoms with Gasteiger partial charge in [0, 0.05) is 16.3 Å². The standard InChI is InChI=1S/C19H15ClN4O3S/c1-26-16-7-11(5-6-15(16)27-8-12-9-28-10-21-12)19(25)22-18-13-3-2-4-14(20)17(13)23-24-18/h2-7,9-10H,8H2,1H3,(H2,22,23,24,25). The first-order chi connectivity index (χ1) is 13.7. The highest BCUT2D eigenvalue weighted by Gasteiger charge is 2.15. The first kappa shape index (κ1) is 18.3. The second-order valence-corrected chi connectivity index (χ2v) is 6.95. The molecule has 0 aliphatic rings. The van der Waals surface area contributed by atoms with E-state index in [2.05, 4.69) is 20.5 Å². The molecular weight excluding hydrogens is 400 g/mol. The van der Waals surface area contributed by atoms with E-state index >= 15 is 0 Å². The van der Waals surface area contributed by atoms with Gasteiger partial charge in [-0.15, -0.1) is 11.3 Å². The van der Waals surface area contributed by atoms with Crippen LogP contribution in [0.5, 0.6) is 11.5 Å². The molecule has 0 aliphatic carbocycles. The van der Waals surface area contributed by atoms with Crippen LogP contribution in [0.25, 0.3) is 10.9 Å². The SMILES string of the molecule is COc1cc(C(=O)Nc2n[nH]c3c(Cl)cccc23)ccc1OCc1cscn1. The van der Waals surface area contributed by atoms with Gasteiger partial charge in [-0.05, 0) is 30.3 Å². The summed E-state index contributed by atoms with van der Waals surface area (Å²) in [6.45, 7) is 0.325. The molecule has 0 fully saturated rings. The lowest BCUT2D eigenvalue weighted by molar-refractivity contribution is 0.102. The Labute approximate surface area is 169 Å². The molecule has 0 saturated carbocycles. The molecule has 0 atom stereocenters. The Morgan fingerprint density at radius 2 is 2.18 bits per heavy atom. The van der Waals surface area contributed by atoms with Crippen molar-refractivity contribution in [3.8, 4) is 11.5 Å². The second-order valence-electron chi connectivity index (χ2n) is 5.82. The molecule has 2 aromatic carbocycles. The fraction of sp³-hybridized carbons (Fsp3) is 0.105. The zero-order chi connectivity index (χ0) is 19.5. The van der Waals surface area contributed by atoms with Gasteiger partial charge in [0.2, 0.25) is 0 Å². The summed E-state index contributed by atoms with van der Waals surface area (Å²) in [6, 6.07) is 10.4. The fourth-order valence-corrected chi connectivity index (χ4v) is 3.43. The van der Waals surface area contributed by atoms with E-state index < -0.39 is 0 Å². The molecule has 0 saturated heterocycles. The fourth-order valence-electron chi connectivity index (χ4n) is 2.67. The van der Waals surface area contributed by atoms with Crippen molar-refractivity contribution in [1.82, 2.24) is 15.2 Å². The number of aromatic amines is 1. The third-order valence-corrected chi connectivity index (χ3v) is 5.02. The van der Waals surface area contributed by atoms with Gasteiger partial charge in [-0.1, -0.05) is 17.7 Å². The first-order valence-corrected chi connectivity index (χ1v) is 9.59. The normalized spacial score (nSPS) is 10.8. The topological polar surface area (TPSA) is 89.1 Å². The van der Waals surface area contributed by atoms with E-state index in [0.29, 0.717) is 40.0 Å². The van der Waals surface area contributed by atoms with Crippen molar-refractivity contribution in [3.05, 3.63) is 63.6 Å². The number of halogens is 1. The van der Waals surface area contributed by atoms with Gasteiger partial charge in [-0.2, -0.15) is 5.10 Å². The minimum absolute atomic E-state index is 0.322. The number of anilines is 1. The Bertz CT molecular complexity index is 1130. The molecule has 9 heteroatoms. The van der Waals surface area contributed by atoms with Gasteiger partial charge in [-0.3, -0.25) is 9.89 Å². The van der Waals surface area contributed by atoms with Crippen molar-refractivity contribution in [2.24, 2.45) is 0 Å². The van der Waals surface area contributed by atoms with E-state index in [4.69, 9.17) is 21.1 Å². The number of H-pyrrole nitrogens is 1. The lowest BCUT2D eigenvalue weighted by atomic mass is 10.2. The van der Waals surface area contributed by atoms with Gasteiger partial charge in [-0.25, -0.2) is 4.98 Å². The van der Waals surface area contributed by atoms with Crippen molar-refractivity contribution >= 4 is 45.6 Å². The van der Waals surface area contributed by atoms with Crippen molar-refractivity contribution in [2.75, 3.05) is 12.4 Å². The average Bonchev–Trinajstić information content (AvgIpc) is 3.37. The van der Waals surface area contributed by atoms with Gasteiger partial charge in [0.1, 0.15) is 6.61 Å². The summed E-state index contributed by atoms with van der Waals surface area (Å²) >= 11 is 7.63. The van der Waals surface area contributed by atoms with Gasteiger partial charge in [0.05, 0.1) is 28.9 Å². The molecule has 0 bridgehead atoms. The Balaban J connectivity index is 1.53. The Morgan fingerprint density at radius 3 is 2.96 bits per heavy atom. The lowest BCUT2D eigenvalue weighted by Crippen LogP contribution is -2.12. The van der Waals surface area contributed by atoms with Crippen LogP contribution in [0.1, 0.15) is 16.1 Å². The van der Waals surface area contributed by atoms with E-state index in [0.717, 1.165) is 11.1 Å². The quantitative estimate of drug-likeness (QED) is 0.484. The summed E-state index contributed by atoms with van der Waals surface area (Å²) in [6.07, 6.45) is 0. The molecule has 0 aliphatic heterocycles. The van der Waals surface area contributed by atoms with Gasteiger partial charge in [0.15, 0.2) is 17.3 Å². The summed E-state index contributed by atoms with van der Waals surface area (Å²) in [5.74, 6) is 1.07. The lowest BCUT2D eigenvalue weighted by Gasteiger charge is -2.11. The van der Waals surface area contributed by atoms with Crippen molar-refractivity contribution < 1.29 is 14.3 Å². The Kier molecular flexibility index (Phi) is 5.14. The molecule has 7 nitrogen and oxygen atoms in total. The van der Waals surface area contributed by atoms with Gasteiger partial charge in [0.25, 0.3) is 5.91 Å². The maximum Gasteiger partial charge on any atom is 0.257 e. The van der Waals surface area contributed by atoms with Crippen molar-refractivity contribution in [2.45, 2.75) is 6.61 Å². The summed E-state index contributed by atoms with van der Waals surface area (Å²) in [5.41, 5.74) is 3.66. The van der Waals surface area contributed by atoms with E-state index in [9.17, 15) is 4.79 Å². The number of hydrogen-bond donors (Lipinski definition) is 2. The number of carbonyl (C=O) groups excluding carboxylic acids is 1. The number of para-hydroxylation sites is 1. The number of nitrogens with zero attached hydrogens (tertiary/aromatic N) is 2. The van der Waals surface area contributed by atoms with Gasteiger partial charge >= 0.3 is 0 Å². The number of ether oxygens (including phenoxy) is 2.